The smallest absolute Gasteiger partial charge is 0.330 e. The normalized spacial score (nSPS) is 12.1. The summed E-state index contributed by atoms with van der Waals surface area (Å²) in [6, 6.07) is 5.35. The average Bonchev–Trinajstić information content (AvgIpc) is 2.34. The van der Waals surface area contributed by atoms with E-state index in [-0.39, 0.29) is 0 Å². The summed E-state index contributed by atoms with van der Waals surface area (Å²) in [6.07, 6.45) is -1.08. The Labute approximate surface area is 112 Å². The molecule has 2 N–H and O–H groups in total. The van der Waals surface area contributed by atoms with Gasteiger partial charge in [-0.1, -0.05) is 18.6 Å². The first-order valence-electron chi connectivity index (χ1n) is 6.48. The minimum Gasteiger partial charge on any atom is -0.330 e. The maximum Gasteiger partial charge on any atom is 0.416 e. The molecule has 0 saturated carbocycles. The lowest BCUT2D eigenvalue weighted by Crippen LogP contribution is -2.19. The molecule has 0 fully saturated rings. The molecule has 108 valence electrons. The number of halogens is 3. The largest absolute Gasteiger partial charge is 0.416 e. The van der Waals surface area contributed by atoms with E-state index in [1.807, 2.05) is 7.05 Å². The van der Waals surface area contributed by atoms with Gasteiger partial charge in [0, 0.05) is 6.54 Å². The fourth-order valence-electron chi connectivity index (χ4n) is 1.89. The number of rotatable bonds is 7. The second-order valence-electron chi connectivity index (χ2n) is 4.78. The molecule has 0 saturated heterocycles. The number of benzene rings is 1. The third kappa shape index (κ3) is 6.07. The van der Waals surface area contributed by atoms with E-state index in [9.17, 15) is 13.2 Å². The zero-order valence-corrected chi connectivity index (χ0v) is 11.2. The average molecular weight is 274 g/mol. The van der Waals surface area contributed by atoms with E-state index in [1.165, 1.54) is 0 Å². The van der Waals surface area contributed by atoms with Crippen molar-refractivity contribution in [2.75, 3.05) is 20.1 Å². The number of nitrogens with two attached hydrogens (primary N) is 1. The van der Waals surface area contributed by atoms with Crippen LogP contribution in [0.15, 0.2) is 24.3 Å². The lowest BCUT2D eigenvalue weighted by molar-refractivity contribution is -0.137. The number of alkyl halides is 3. The predicted molar refractivity (Wildman–Crippen MR) is 70.7 cm³/mol. The monoisotopic (exact) mass is 274 g/mol. The summed E-state index contributed by atoms with van der Waals surface area (Å²) in [4.78, 5) is 2.11. The molecular formula is C14H21F3N2. The number of unbranched alkanes of at least 4 members (excludes halogenated alkanes) is 2. The summed E-state index contributed by atoms with van der Waals surface area (Å²) >= 11 is 0. The van der Waals surface area contributed by atoms with E-state index in [0.717, 1.165) is 43.5 Å². The van der Waals surface area contributed by atoms with Crippen molar-refractivity contribution in [3.05, 3.63) is 35.4 Å². The van der Waals surface area contributed by atoms with E-state index in [1.54, 1.807) is 12.1 Å². The summed E-state index contributed by atoms with van der Waals surface area (Å²) in [6.45, 7) is 2.31. The Morgan fingerprint density at radius 2 is 1.68 bits per heavy atom. The van der Waals surface area contributed by atoms with Gasteiger partial charge in [-0.05, 0) is 50.7 Å². The molecule has 1 rings (SSSR count). The second kappa shape index (κ2) is 7.50. The third-order valence-corrected chi connectivity index (χ3v) is 2.98. The van der Waals surface area contributed by atoms with Crippen molar-refractivity contribution in [1.82, 2.24) is 4.90 Å². The summed E-state index contributed by atoms with van der Waals surface area (Å²) in [5, 5.41) is 0. The lowest BCUT2D eigenvalue weighted by Gasteiger charge is -2.17. The summed E-state index contributed by atoms with van der Waals surface area (Å²) < 4.78 is 37.2. The molecule has 19 heavy (non-hydrogen) atoms. The van der Waals surface area contributed by atoms with Gasteiger partial charge in [-0.2, -0.15) is 13.2 Å². The fourth-order valence-corrected chi connectivity index (χ4v) is 1.89. The van der Waals surface area contributed by atoms with Gasteiger partial charge in [-0.25, -0.2) is 0 Å². The van der Waals surface area contributed by atoms with Crippen LogP contribution in [0.5, 0.6) is 0 Å². The van der Waals surface area contributed by atoms with Crippen LogP contribution in [-0.2, 0) is 12.7 Å². The van der Waals surface area contributed by atoms with Crippen molar-refractivity contribution in [1.29, 1.82) is 0 Å². The van der Waals surface area contributed by atoms with Crippen LogP contribution in [0.1, 0.15) is 30.4 Å². The van der Waals surface area contributed by atoms with E-state index in [2.05, 4.69) is 4.90 Å². The fraction of sp³-hybridized carbons (Fsp3) is 0.571. The molecule has 0 radical (unpaired) electrons. The molecule has 0 unspecified atom stereocenters. The Kier molecular flexibility index (Phi) is 6.31. The van der Waals surface area contributed by atoms with Crippen LogP contribution in [0.4, 0.5) is 13.2 Å². The highest BCUT2D eigenvalue weighted by atomic mass is 19.4. The van der Waals surface area contributed by atoms with Crippen molar-refractivity contribution in [3.8, 4) is 0 Å². The molecule has 0 aromatic heterocycles. The summed E-state index contributed by atoms with van der Waals surface area (Å²) in [7, 11) is 1.97. The SMILES string of the molecule is CN(CCCCCN)Cc1ccc(C(F)(F)F)cc1. The van der Waals surface area contributed by atoms with Crippen molar-refractivity contribution >= 4 is 0 Å². The Hall–Kier alpha value is -1.07. The van der Waals surface area contributed by atoms with Crippen molar-refractivity contribution in [3.63, 3.8) is 0 Å². The van der Waals surface area contributed by atoms with Crippen LogP contribution in [0, 0.1) is 0 Å². The van der Waals surface area contributed by atoms with E-state index < -0.39 is 11.7 Å². The van der Waals surface area contributed by atoms with Crippen molar-refractivity contribution in [2.45, 2.75) is 32.0 Å². The highest BCUT2D eigenvalue weighted by Gasteiger charge is 2.29. The van der Waals surface area contributed by atoms with Gasteiger partial charge in [0.2, 0.25) is 0 Å². The summed E-state index contributed by atoms with van der Waals surface area (Å²) in [5.41, 5.74) is 5.71. The molecule has 5 heteroatoms. The van der Waals surface area contributed by atoms with Gasteiger partial charge in [0.1, 0.15) is 0 Å². The zero-order valence-electron chi connectivity index (χ0n) is 11.2. The molecule has 0 bridgehead atoms. The Balaban J connectivity index is 2.40. The van der Waals surface area contributed by atoms with Crippen molar-refractivity contribution < 1.29 is 13.2 Å². The van der Waals surface area contributed by atoms with Gasteiger partial charge in [0.05, 0.1) is 5.56 Å². The predicted octanol–water partition coefficient (Wildman–Crippen LogP) is 3.27. The van der Waals surface area contributed by atoms with Gasteiger partial charge in [0.15, 0.2) is 0 Å². The molecule has 0 heterocycles. The number of nitrogens with zero attached hydrogens (tertiary/aromatic N) is 1. The molecular weight excluding hydrogens is 253 g/mol. The molecule has 0 aliphatic heterocycles. The Morgan fingerprint density at radius 3 is 2.21 bits per heavy atom. The van der Waals surface area contributed by atoms with Crippen LogP contribution >= 0.6 is 0 Å². The maximum absolute atomic E-state index is 12.4. The first-order chi connectivity index (χ1) is 8.93. The number of hydrogen-bond donors (Lipinski definition) is 1. The van der Waals surface area contributed by atoms with Crippen molar-refractivity contribution in [2.24, 2.45) is 5.73 Å². The van der Waals surface area contributed by atoms with Crippen LogP contribution in [0.2, 0.25) is 0 Å². The topological polar surface area (TPSA) is 29.3 Å². The molecule has 1 aromatic carbocycles. The first kappa shape index (κ1) is 16.0. The van der Waals surface area contributed by atoms with Crippen LogP contribution in [-0.4, -0.2) is 25.0 Å². The first-order valence-corrected chi connectivity index (χ1v) is 6.48. The van der Waals surface area contributed by atoms with Gasteiger partial charge < -0.3 is 10.6 Å². The minimum atomic E-state index is -4.26. The molecule has 1 aromatic rings. The minimum absolute atomic E-state index is 0.596. The summed E-state index contributed by atoms with van der Waals surface area (Å²) in [5.74, 6) is 0. The quantitative estimate of drug-likeness (QED) is 0.773. The van der Waals surface area contributed by atoms with E-state index in [0.29, 0.717) is 13.1 Å². The van der Waals surface area contributed by atoms with E-state index in [4.69, 9.17) is 5.73 Å². The lowest BCUT2D eigenvalue weighted by atomic mass is 10.1. The highest BCUT2D eigenvalue weighted by molar-refractivity contribution is 5.24. The van der Waals surface area contributed by atoms with Crippen LogP contribution in [0.25, 0.3) is 0 Å². The highest BCUT2D eigenvalue weighted by Crippen LogP contribution is 2.29. The molecule has 0 aliphatic rings. The van der Waals surface area contributed by atoms with Gasteiger partial charge in [0.25, 0.3) is 0 Å². The third-order valence-electron chi connectivity index (χ3n) is 2.98. The molecule has 0 amide bonds. The van der Waals surface area contributed by atoms with Crippen LogP contribution < -0.4 is 5.73 Å². The van der Waals surface area contributed by atoms with Gasteiger partial charge in [-0.3, -0.25) is 0 Å². The molecule has 0 atom stereocenters. The molecule has 0 spiro atoms. The standard InChI is InChI=1S/C14H21F3N2/c1-19(10-4-2-3-9-18)11-12-5-7-13(8-6-12)14(15,16)17/h5-8H,2-4,9-11,18H2,1H3. The molecule has 0 aliphatic carbocycles. The Morgan fingerprint density at radius 1 is 1.05 bits per heavy atom. The van der Waals surface area contributed by atoms with E-state index >= 15 is 0 Å². The number of hydrogen-bond acceptors (Lipinski definition) is 2. The Bertz CT molecular complexity index is 360. The maximum atomic E-state index is 12.4. The second-order valence-corrected chi connectivity index (χ2v) is 4.78. The van der Waals surface area contributed by atoms with Gasteiger partial charge >= 0.3 is 6.18 Å². The molecule has 2 nitrogen and oxygen atoms in total. The van der Waals surface area contributed by atoms with Gasteiger partial charge in [-0.15, -0.1) is 0 Å². The zero-order chi connectivity index (χ0) is 14.3. The van der Waals surface area contributed by atoms with Crippen LogP contribution in [0.3, 0.4) is 0 Å².